The average molecular weight is 237 g/mol. The summed E-state index contributed by atoms with van der Waals surface area (Å²) in [6, 6.07) is 6.04. The fourth-order valence-corrected chi connectivity index (χ4v) is 2.02. The van der Waals surface area contributed by atoms with Gasteiger partial charge >= 0.3 is 0 Å². The second-order valence-corrected chi connectivity index (χ2v) is 4.90. The number of carbonyl (C=O) groups is 1. The Morgan fingerprint density at radius 2 is 1.94 bits per heavy atom. The van der Waals surface area contributed by atoms with E-state index >= 15 is 0 Å². The van der Waals surface area contributed by atoms with E-state index in [0.29, 0.717) is 6.42 Å². The van der Waals surface area contributed by atoms with E-state index in [4.69, 9.17) is 0 Å². The molecule has 88 valence electrons. The number of para-hydroxylation sites is 1. The number of thioether (sulfide) groups is 1. The van der Waals surface area contributed by atoms with Gasteiger partial charge in [0, 0.05) is 12.1 Å². The Morgan fingerprint density at radius 3 is 2.50 bits per heavy atom. The van der Waals surface area contributed by atoms with Crippen molar-refractivity contribution in [2.24, 2.45) is 0 Å². The Bertz CT molecular complexity index is 343. The quantitative estimate of drug-likeness (QED) is 0.795. The van der Waals surface area contributed by atoms with Crippen LogP contribution in [0.3, 0.4) is 0 Å². The first-order chi connectivity index (χ1) is 7.65. The van der Waals surface area contributed by atoms with Crippen LogP contribution < -0.4 is 5.32 Å². The molecule has 1 rings (SSSR count). The first-order valence-corrected chi connectivity index (χ1v) is 6.89. The Labute approximate surface area is 102 Å². The molecule has 0 saturated heterocycles. The second kappa shape index (κ2) is 6.59. The molecule has 0 aliphatic rings. The molecule has 0 aliphatic carbocycles. The maximum absolute atomic E-state index is 11.7. The van der Waals surface area contributed by atoms with E-state index in [2.05, 4.69) is 11.6 Å². The van der Waals surface area contributed by atoms with Crippen LogP contribution in [0.5, 0.6) is 0 Å². The molecule has 0 heterocycles. The van der Waals surface area contributed by atoms with E-state index < -0.39 is 0 Å². The van der Waals surface area contributed by atoms with Crippen molar-refractivity contribution in [2.45, 2.75) is 26.7 Å². The van der Waals surface area contributed by atoms with Gasteiger partial charge in [0.1, 0.15) is 0 Å². The summed E-state index contributed by atoms with van der Waals surface area (Å²) in [5.74, 6) is 1.16. The van der Waals surface area contributed by atoms with Crippen molar-refractivity contribution in [3.8, 4) is 0 Å². The Hall–Kier alpha value is -0.960. The van der Waals surface area contributed by atoms with Gasteiger partial charge in [-0.1, -0.05) is 18.2 Å². The summed E-state index contributed by atoms with van der Waals surface area (Å²) in [6.45, 7) is 4.04. The molecule has 0 saturated carbocycles. The smallest absolute Gasteiger partial charge is 0.224 e. The molecule has 3 heteroatoms. The number of anilines is 1. The van der Waals surface area contributed by atoms with Crippen LogP contribution >= 0.6 is 11.8 Å². The number of carbonyl (C=O) groups excluding carboxylic acids is 1. The molecule has 0 radical (unpaired) electrons. The molecule has 0 unspecified atom stereocenters. The predicted octanol–water partition coefficient (Wildman–Crippen LogP) is 3.39. The van der Waals surface area contributed by atoms with Gasteiger partial charge in [0.05, 0.1) is 0 Å². The molecule has 0 bridgehead atoms. The number of nitrogens with one attached hydrogen (secondary N) is 1. The fraction of sp³-hybridized carbons (Fsp3) is 0.462. The van der Waals surface area contributed by atoms with Crippen molar-refractivity contribution in [3.05, 3.63) is 29.3 Å². The summed E-state index contributed by atoms with van der Waals surface area (Å²) in [5.41, 5.74) is 3.22. The first kappa shape index (κ1) is 13.1. The molecular weight excluding hydrogens is 218 g/mol. The molecule has 2 nitrogen and oxygen atoms in total. The summed E-state index contributed by atoms with van der Waals surface area (Å²) in [5, 5.41) is 2.99. The average Bonchev–Trinajstić information content (AvgIpc) is 2.24. The van der Waals surface area contributed by atoms with E-state index in [-0.39, 0.29) is 5.91 Å². The summed E-state index contributed by atoms with van der Waals surface area (Å²) in [7, 11) is 0. The maximum Gasteiger partial charge on any atom is 0.224 e. The molecule has 0 fully saturated rings. The highest BCUT2D eigenvalue weighted by Gasteiger charge is 2.06. The van der Waals surface area contributed by atoms with Crippen molar-refractivity contribution in [3.63, 3.8) is 0 Å². The first-order valence-electron chi connectivity index (χ1n) is 5.50. The molecule has 1 amide bonds. The zero-order valence-electron chi connectivity index (χ0n) is 10.2. The molecule has 0 aliphatic heterocycles. The van der Waals surface area contributed by atoms with Crippen LogP contribution in [0.15, 0.2) is 18.2 Å². The molecule has 16 heavy (non-hydrogen) atoms. The zero-order valence-corrected chi connectivity index (χ0v) is 11.0. The van der Waals surface area contributed by atoms with Gasteiger partial charge < -0.3 is 5.32 Å². The molecule has 0 spiro atoms. The minimum Gasteiger partial charge on any atom is -0.326 e. The van der Waals surface area contributed by atoms with Gasteiger partial charge in [-0.15, -0.1) is 0 Å². The maximum atomic E-state index is 11.7. The molecule has 1 N–H and O–H groups in total. The second-order valence-electron chi connectivity index (χ2n) is 3.91. The van der Waals surface area contributed by atoms with Crippen LogP contribution in [0.2, 0.25) is 0 Å². The number of aryl methyl sites for hydroxylation is 2. The Kier molecular flexibility index (Phi) is 5.39. The predicted molar refractivity (Wildman–Crippen MR) is 72.2 cm³/mol. The minimum atomic E-state index is 0.117. The standard InChI is InChI=1S/C13H19NOS/c1-10-6-4-7-11(2)13(10)14-12(15)8-5-9-16-3/h4,6-7H,5,8-9H2,1-3H3,(H,14,15). The lowest BCUT2D eigenvalue weighted by atomic mass is 10.1. The van der Waals surface area contributed by atoms with Crippen molar-refractivity contribution >= 4 is 23.4 Å². The van der Waals surface area contributed by atoms with Crippen molar-refractivity contribution < 1.29 is 4.79 Å². The summed E-state index contributed by atoms with van der Waals surface area (Å²) >= 11 is 1.78. The Morgan fingerprint density at radius 1 is 1.31 bits per heavy atom. The van der Waals surface area contributed by atoms with E-state index in [1.54, 1.807) is 11.8 Å². The number of rotatable bonds is 5. The monoisotopic (exact) mass is 237 g/mol. The van der Waals surface area contributed by atoms with E-state index in [9.17, 15) is 4.79 Å². The summed E-state index contributed by atoms with van der Waals surface area (Å²) in [6.07, 6.45) is 3.61. The van der Waals surface area contributed by atoms with Gasteiger partial charge in [0.15, 0.2) is 0 Å². The van der Waals surface area contributed by atoms with Crippen LogP contribution in [0.1, 0.15) is 24.0 Å². The molecular formula is C13H19NOS. The molecule has 1 aromatic carbocycles. The molecule has 0 atom stereocenters. The van der Waals surface area contributed by atoms with Crippen LogP contribution in [-0.2, 0) is 4.79 Å². The largest absolute Gasteiger partial charge is 0.326 e. The lowest BCUT2D eigenvalue weighted by molar-refractivity contribution is -0.116. The lowest BCUT2D eigenvalue weighted by Crippen LogP contribution is -2.13. The number of amides is 1. The highest BCUT2D eigenvalue weighted by Crippen LogP contribution is 2.19. The van der Waals surface area contributed by atoms with Gasteiger partial charge in [-0.2, -0.15) is 11.8 Å². The van der Waals surface area contributed by atoms with Crippen LogP contribution in [0.25, 0.3) is 0 Å². The fourth-order valence-electron chi connectivity index (χ4n) is 1.59. The van der Waals surface area contributed by atoms with Crippen molar-refractivity contribution in [1.29, 1.82) is 0 Å². The zero-order chi connectivity index (χ0) is 12.0. The summed E-state index contributed by atoms with van der Waals surface area (Å²) in [4.78, 5) is 11.7. The topological polar surface area (TPSA) is 29.1 Å². The van der Waals surface area contributed by atoms with E-state index in [0.717, 1.165) is 29.0 Å². The number of hydrogen-bond acceptors (Lipinski definition) is 2. The number of benzene rings is 1. The van der Waals surface area contributed by atoms with E-state index in [1.807, 2.05) is 32.0 Å². The van der Waals surface area contributed by atoms with Gasteiger partial charge in [-0.25, -0.2) is 0 Å². The van der Waals surface area contributed by atoms with Crippen molar-refractivity contribution in [2.75, 3.05) is 17.3 Å². The lowest BCUT2D eigenvalue weighted by Gasteiger charge is -2.11. The minimum absolute atomic E-state index is 0.117. The highest BCUT2D eigenvalue weighted by molar-refractivity contribution is 7.98. The third-order valence-corrected chi connectivity index (χ3v) is 3.19. The van der Waals surface area contributed by atoms with E-state index in [1.165, 1.54) is 0 Å². The van der Waals surface area contributed by atoms with Crippen LogP contribution in [-0.4, -0.2) is 17.9 Å². The SMILES string of the molecule is CSCCCC(=O)Nc1c(C)cccc1C. The molecule has 1 aromatic rings. The highest BCUT2D eigenvalue weighted by atomic mass is 32.2. The van der Waals surface area contributed by atoms with Gasteiger partial charge in [0.2, 0.25) is 5.91 Å². The molecule has 0 aromatic heterocycles. The van der Waals surface area contributed by atoms with Gasteiger partial charge in [-0.3, -0.25) is 4.79 Å². The third-order valence-electron chi connectivity index (χ3n) is 2.50. The summed E-state index contributed by atoms with van der Waals surface area (Å²) < 4.78 is 0. The van der Waals surface area contributed by atoms with Gasteiger partial charge in [-0.05, 0) is 43.4 Å². The van der Waals surface area contributed by atoms with Crippen LogP contribution in [0, 0.1) is 13.8 Å². The van der Waals surface area contributed by atoms with Crippen LogP contribution in [0.4, 0.5) is 5.69 Å². The normalized spacial score (nSPS) is 10.2. The van der Waals surface area contributed by atoms with Crippen molar-refractivity contribution in [1.82, 2.24) is 0 Å². The number of hydrogen-bond donors (Lipinski definition) is 1. The van der Waals surface area contributed by atoms with Gasteiger partial charge in [0.25, 0.3) is 0 Å². The Balaban J connectivity index is 2.56. The third kappa shape index (κ3) is 3.89.